The fourth-order valence-electron chi connectivity index (χ4n) is 2.20. The van der Waals surface area contributed by atoms with Crippen LogP contribution >= 0.6 is 23.2 Å². The Bertz CT molecular complexity index is 633. The molecule has 2 aromatic carbocycles. The van der Waals surface area contributed by atoms with Crippen LogP contribution < -0.4 is 0 Å². The van der Waals surface area contributed by atoms with Crippen molar-refractivity contribution in [1.82, 2.24) is 0 Å². The van der Waals surface area contributed by atoms with E-state index in [1.165, 1.54) is 11.1 Å². The molecule has 0 radical (unpaired) electrons. The standard InChI is InChI=1S/C16H16Cl2OS/c1-11-5-12(2)7-13(6-11)9-20(19)10-14-3-4-15(17)8-16(14)18/h3-8H,9-10H2,1-2H3. The molecule has 0 saturated carbocycles. The van der Waals surface area contributed by atoms with E-state index >= 15 is 0 Å². The quantitative estimate of drug-likeness (QED) is 0.767. The summed E-state index contributed by atoms with van der Waals surface area (Å²) in [6.45, 7) is 4.10. The molecule has 20 heavy (non-hydrogen) atoms. The smallest absolute Gasteiger partial charge is 0.0503 e. The van der Waals surface area contributed by atoms with Gasteiger partial charge in [0.05, 0.1) is 5.75 Å². The highest BCUT2D eigenvalue weighted by Gasteiger charge is 2.08. The number of halogens is 2. The third-order valence-corrected chi connectivity index (χ3v) is 4.82. The predicted octanol–water partition coefficient (Wildman–Crippen LogP) is 5.06. The topological polar surface area (TPSA) is 17.1 Å². The molecule has 1 unspecified atom stereocenters. The molecule has 0 N–H and O–H groups in total. The molecule has 2 aromatic rings. The lowest BCUT2D eigenvalue weighted by Crippen LogP contribution is -2.01. The first kappa shape index (κ1) is 15.6. The molecule has 2 rings (SSSR count). The van der Waals surface area contributed by atoms with Crippen LogP contribution in [0.5, 0.6) is 0 Å². The molecule has 0 fully saturated rings. The van der Waals surface area contributed by atoms with E-state index in [1.807, 2.05) is 6.07 Å². The van der Waals surface area contributed by atoms with Crippen molar-refractivity contribution in [3.05, 3.63) is 68.7 Å². The normalized spacial score (nSPS) is 12.4. The van der Waals surface area contributed by atoms with Crippen LogP contribution in [-0.4, -0.2) is 4.21 Å². The molecule has 0 spiro atoms. The zero-order valence-electron chi connectivity index (χ0n) is 11.5. The summed E-state index contributed by atoms with van der Waals surface area (Å²) >= 11 is 12.0. The predicted molar refractivity (Wildman–Crippen MR) is 87.9 cm³/mol. The summed E-state index contributed by atoms with van der Waals surface area (Å²) in [6, 6.07) is 11.6. The Morgan fingerprint density at radius 3 is 2.20 bits per heavy atom. The Kier molecular flexibility index (Phi) is 5.25. The number of aryl methyl sites for hydroxylation is 2. The number of hydrogen-bond donors (Lipinski definition) is 0. The largest absolute Gasteiger partial charge is 0.259 e. The second-order valence-corrected chi connectivity index (χ2v) is 7.26. The molecule has 1 nitrogen and oxygen atoms in total. The Labute approximate surface area is 132 Å². The van der Waals surface area contributed by atoms with Crippen molar-refractivity contribution in [3.8, 4) is 0 Å². The van der Waals surface area contributed by atoms with E-state index in [0.717, 1.165) is 11.1 Å². The van der Waals surface area contributed by atoms with Gasteiger partial charge in [-0.3, -0.25) is 4.21 Å². The van der Waals surface area contributed by atoms with Gasteiger partial charge in [0.15, 0.2) is 0 Å². The average Bonchev–Trinajstić information content (AvgIpc) is 2.31. The first-order valence-corrected chi connectivity index (χ1v) is 8.54. The highest BCUT2D eigenvalue weighted by molar-refractivity contribution is 7.83. The lowest BCUT2D eigenvalue weighted by molar-refractivity contribution is 0.682. The van der Waals surface area contributed by atoms with E-state index in [9.17, 15) is 4.21 Å². The van der Waals surface area contributed by atoms with Crippen LogP contribution in [0.1, 0.15) is 22.3 Å². The molecular weight excluding hydrogens is 311 g/mol. The van der Waals surface area contributed by atoms with Gasteiger partial charge in [0.2, 0.25) is 0 Å². The summed E-state index contributed by atoms with van der Waals surface area (Å²) in [6.07, 6.45) is 0. The third kappa shape index (κ3) is 4.34. The van der Waals surface area contributed by atoms with E-state index in [-0.39, 0.29) is 0 Å². The molecule has 1 atom stereocenters. The molecule has 0 bridgehead atoms. The van der Waals surface area contributed by atoms with E-state index in [4.69, 9.17) is 23.2 Å². The lowest BCUT2D eigenvalue weighted by atomic mass is 10.1. The van der Waals surface area contributed by atoms with Gasteiger partial charge in [-0.05, 0) is 37.1 Å². The van der Waals surface area contributed by atoms with Crippen molar-refractivity contribution < 1.29 is 4.21 Å². The van der Waals surface area contributed by atoms with Crippen molar-refractivity contribution >= 4 is 34.0 Å². The molecule has 0 aliphatic heterocycles. The second kappa shape index (κ2) is 6.75. The first-order valence-electron chi connectivity index (χ1n) is 6.30. The zero-order chi connectivity index (χ0) is 14.7. The SMILES string of the molecule is Cc1cc(C)cc(CS(=O)Cc2ccc(Cl)cc2Cl)c1. The number of hydrogen-bond acceptors (Lipinski definition) is 1. The first-order chi connectivity index (χ1) is 9.44. The van der Waals surface area contributed by atoms with Gasteiger partial charge in [-0.25, -0.2) is 0 Å². The Balaban J connectivity index is 2.09. The van der Waals surface area contributed by atoms with Gasteiger partial charge in [-0.1, -0.05) is 58.6 Å². The summed E-state index contributed by atoms with van der Waals surface area (Å²) in [5.74, 6) is 0.991. The van der Waals surface area contributed by atoms with Crippen molar-refractivity contribution in [2.24, 2.45) is 0 Å². The highest BCUT2D eigenvalue weighted by atomic mass is 35.5. The van der Waals surface area contributed by atoms with Crippen LogP contribution in [0.15, 0.2) is 36.4 Å². The van der Waals surface area contributed by atoms with Gasteiger partial charge in [-0.2, -0.15) is 0 Å². The molecule has 0 heterocycles. The monoisotopic (exact) mass is 326 g/mol. The van der Waals surface area contributed by atoms with Crippen molar-refractivity contribution in [1.29, 1.82) is 0 Å². The van der Waals surface area contributed by atoms with Crippen LogP contribution in [0, 0.1) is 13.8 Å². The Morgan fingerprint density at radius 1 is 0.950 bits per heavy atom. The van der Waals surface area contributed by atoms with Crippen molar-refractivity contribution in [2.45, 2.75) is 25.4 Å². The van der Waals surface area contributed by atoms with E-state index in [1.54, 1.807) is 12.1 Å². The highest BCUT2D eigenvalue weighted by Crippen LogP contribution is 2.23. The van der Waals surface area contributed by atoms with Crippen molar-refractivity contribution in [2.75, 3.05) is 0 Å². The molecule has 0 saturated heterocycles. The maximum Gasteiger partial charge on any atom is 0.0503 e. The van der Waals surface area contributed by atoms with E-state index in [2.05, 4.69) is 32.0 Å². The van der Waals surface area contributed by atoms with Crippen LogP contribution in [0.2, 0.25) is 10.0 Å². The summed E-state index contributed by atoms with van der Waals surface area (Å²) in [7, 11) is -0.983. The van der Waals surface area contributed by atoms with Gasteiger partial charge in [0.1, 0.15) is 0 Å². The molecule has 106 valence electrons. The third-order valence-electron chi connectivity index (χ3n) is 2.94. The molecule has 0 amide bonds. The lowest BCUT2D eigenvalue weighted by Gasteiger charge is -2.07. The summed E-state index contributed by atoms with van der Waals surface area (Å²) < 4.78 is 12.3. The van der Waals surface area contributed by atoms with Crippen molar-refractivity contribution in [3.63, 3.8) is 0 Å². The van der Waals surface area contributed by atoms with Gasteiger partial charge >= 0.3 is 0 Å². The maximum absolute atomic E-state index is 12.3. The van der Waals surface area contributed by atoms with Crippen LogP contribution in [0.4, 0.5) is 0 Å². The molecule has 0 aliphatic carbocycles. The van der Waals surface area contributed by atoms with E-state index < -0.39 is 10.8 Å². The van der Waals surface area contributed by atoms with E-state index in [0.29, 0.717) is 21.6 Å². The fourth-order valence-corrected chi connectivity index (χ4v) is 4.00. The van der Waals surface area contributed by atoms with Gasteiger partial charge in [-0.15, -0.1) is 0 Å². The van der Waals surface area contributed by atoms with Gasteiger partial charge in [0, 0.05) is 26.6 Å². The number of rotatable bonds is 4. The van der Waals surface area contributed by atoms with Crippen LogP contribution in [0.25, 0.3) is 0 Å². The molecule has 4 heteroatoms. The molecule has 0 aliphatic rings. The minimum absolute atomic E-state index is 0.447. The molecule has 0 aromatic heterocycles. The van der Waals surface area contributed by atoms with Gasteiger partial charge < -0.3 is 0 Å². The average molecular weight is 327 g/mol. The summed E-state index contributed by atoms with van der Waals surface area (Å²) in [5, 5.41) is 1.17. The van der Waals surface area contributed by atoms with Crippen LogP contribution in [-0.2, 0) is 22.3 Å². The zero-order valence-corrected chi connectivity index (χ0v) is 13.8. The summed E-state index contributed by atoms with van der Waals surface area (Å²) in [5.41, 5.74) is 4.37. The Morgan fingerprint density at radius 2 is 1.60 bits per heavy atom. The Hall–Kier alpha value is -0.830. The minimum Gasteiger partial charge on any atom is -0.259 e. The number of benzene rings is 2. The second-order valence-electron chi connectivity index (χ2n) is 4.96. The van der Waals surface area contributed by atoms with Gasteiger partial charge in [0.25, 0.3) is 0 Å². The summed E-state index contributed by atoms with van der Waals surface area (Å²) in [4.78, 5) is 0. The molecular formula is C16H16Cl2OS. The fraction of sp³-hybridized carbons (Fsp3) is 0.250. The van der Waals surface area contributed by atoms with Crippen LogP contribution in [0.3, 0.4) is 0 Å². The maximum atomic E-state index is 12.3. The minimum atomic E-state index is -0.983.